The minimum atomic E-state index is -4.70. The lowest BCUT2D eigenvalue weighted by atomic mass is 10.1. The van der Waals surface area contributed by atoms with Gasteiger partial charge in [0, 0.05) is 12.8 Å². The van der Waals surface area contributed by atoms with Gasteiger partial charge in [-0.15, -0.1) is 0 Å². The SMILES string of the molecule is CCCCCCCCCCC/C=C/CCCCC(=O)OC[C@@H](COP(=O)(O)OC[C@@H](N)C(=O)O)OC(=O)CCCCCCCCCC. The lowest BCUT2D eigenvalue weighted by Crippen LogP contribution is -2.34. The maximum atomic E-state index is 12.4. The minimum Gasteiger partial charge on any atom is -0.480 e. The van der Waals surface area contributed by atoms with Crippen LogP contribution in [0.4, 0.5) is 0 Å². The smallest absolute Gasteiger partial charge is 0.472 e. The lowest BCUT2D eigenvalue weighted by Gasteiger charge is -2.20. The Hall–Kier alpha value is -1.78. The fourth-order valence-electron chi connectivity index (χ4n) is 4.82. The molecule has 0 aromatic carbocycles. The zero-order chi connectivity index (χ0) is 35.0. The van der Waals surface area contributed by atoms with E-state index in [1.165, 1.54) is 83.5 Å². The maximum Gasteiger partial charge on any atom is 0.472 e. The van der Waals surface area contributed by atoms with Crippen molar-refractivity contribution in [2.45, 2.75) is 174 Å². The van der Waals surface area contributed by atoms with E-state index in [1.807, 2.05) is 0 Å². The predicted octanol–water partition coefficient (Wildman–Crippen LogP) is 8.56. The second-order valence-electron chi connectivity index (χ2n) is 12.4. The van der Waals surface area contributed by atoms with Crippen molar-refractivity contribution in [3.63, 3.8) is 0 Å². The van der Waals surface area contributed by atoms with Crippen molar-refractivity contribution >= 4 is 25.7 Å². The molecule has 0 bridgehead atoms. The Bertz CT molecular complexity index is 869. The molecular formula is C35H66NO10P. The van der Waals surface area contributed by atoms with Crippen LogP contribution >= 0.6 is 7.82 Å². The highest BCUT2D eigenvalue weighted by molar-refractivity contribution is 7.47. The summed E-state index contributed by atoms with van der Waals surface area (Å²) >= 11 is 0. The summed E-state index contributed by atoms with van der Waals surface area (Å²) in [5.74, 6) is -2.41. The van der Waals surface area contributed by atoms with Crippen LogP contribution in [0.1, 0.15) is 162 Å². The Balaban J connectivity index is 4.42. The van der Waals surface area contributed by atoms with E-state index < -0.39 is 51.1 Å². The molecule has 0 aromatic rings. The van der Waals surface area contributed by atoms with Gasteiger partial charge in [0.2, 0.25) is 0 Å². The van der Waals surface area contributed by atoms with Crippen molar-refractivity contribution in [1.29, 1.82) is 0 Å². The average Bonchev–Trinajstić information content (AvgIpc) is 3.04. The fraction of sp³-hybridized carbons (Fsp3) is 0.857. The number of aliphatic carboxylic acids is 1. The molecule has 0 heterocycles. The number of carboxylic acids is 1. The van der Waals surface area contributed by atoms with Gasteiger partial charge in [0.1, 0.15) is 12.6 Å². The van der Waals surface area contributed by atoms with E-state index in [1.54, 1.807) is 0 Å². The van der Waals surface area contributed by atoms with Crippen LogP contribution in [0.15, 0.2) is 12.2 Å². The number of nitrogens with two attached hydrogens (primary N) is 1. The van der Waals surface area contributed by atoms with Crippen molar-refractivity contribution < 1.29 is 47.5 Å². The van der Waals surface area contributed by atoms with E-state index in [0.29, 0.717) is 12.8 Å². The Kier molecular flexibility index (Phi) is 30.3. The molecule has 0 aliphatic carbocycles. The van der Waals surface area contributed by atoms with Gasteiger partial charge in [0.15, 0.2) is 6.10 Å². The van der Waals surface area contributed by atoms with E-state index >= 15 is 0 Å². The zero-order valence-electron chi connectivity index (χ0n) is 29.4. The van der Waals surface area contributed by atoms with E-state index in [9.17, 15) is 23.8 Å². The molecule has 11 nitrogen and oxygen atoms in total. The van der Waals surface area contributed by atoms with Gasteiger partial charge in [-0.3, -0.25) is 23.4 Å². The summed E-state index contributed by atoms with van der Waals surface area (Å²) in [5.41, 5.74) is 5.30. The van der Waals surface area contributed by atoms with Crippen molar-refractivity contribution in [2.24, 2.45) is 5.73 Å². The van der Waals surface area contributed by atoms with Crippen LogP contribution in [0.2, 0.25) is 0 Å². The first-order valence-corrected chi connectivity index (χ1v) is 19.7. The monoisotopic (exact) mass is 691 g/mol. The molecule has 0 fully saturated rings. The van der Waals surface area contributed by atoms with E-state index in [2.05, 4.69) is 30.5 Å². The van der Waals surface area contributed by atoms with Gasteiger partial charge in [0.05, 0.1) is 13.2 Å². The highest BCUT2D eigenvalue weighted by Gasteiger charge is 2.28. The Labute approximate surface area is 284 Å². The molecule has 0 rings (SSSR count). The molecule has 3 atom stereocenters. The molecule has 0 saturated heterocycles. The Morgan fingerprint density at radius 3 is 1.60 bits per heavy atom. The van der Waals surface area contributed by atoms with Gasteiger partial charge in [0.25, 0.3) is 0 Å². The molecule has 0 aliphatic rings. The molecule has 0 amide bonds. The van der Waals surface area contributed by atoms with Crippen molar-refractivity contribution in [3.05, 3.63) is 12.2 Å². The summed E-state index contributed by atoms with van der Waals surface area (Å²) in [7, 11) is -4.70. The molecule has 4 N–H and O–H groups in total. The molecule has 0 aromatic heterocycles. The second-order valence-corrected chi connectivity index (χ2v) is 13.8. The normalized spacial score (nSPS) is 14.1. The van der Waals surface area contributed by atoms with E-state index in [0.717, 1.165) is 38.5 Å². The van der Waals surface area contributed by atoms with Gasteiger partial charge in [-0.25, -0.2) is 4.57 Å². The van der Waals surface area contributed by atoms with Crippen LogP contribution in [0, 0.1) is 0 Å². The van der Waals surface area contributed by atoms with E-state index in [-0.39, 0.29) is 19.4 Å². The summed E-state index contributed by atoms with van der Waals surface area (Å²) in [6.45, 7) is 2.72. The third-order valence-electron chi connectivity index (χ3n) is 7.76. The molecular weight excluding hydrogens is 625 g/mol. The van der Waals surface area contributed by atoms with Crippen LogP contribution in [-0.2, 0) is 37.5 Å². The highest BCUT2D eigenvalue weighted by Crippen LogP contribution is 2.43. The molecule has 0 aliphatic heterocycles. The van der Waals surface area contributed by atoms with Crippen LogP contribution < -0.4 is 5.73 Å². The van der Waals surface area contributed by atoms with E-state index in [4.69, 9.17) is 24.8 Å². The zero-order valence-corrected chi connectivity index (χ0v) is 30.3. The number of hydrogen-bond acceptors (Lipinski definition) is 9. The standard InChI is InChI=1S/C35H66NO10P/c1-3-5-7-9-11-13-14-15-16-17-18-19-21-22-24-26-33(37)43-28-31(29-44-47(41,42)45-30-32(36)35(39)40)46-34(38)27-25-23-20-12-10-8-6-4-2/h18-19,31-32H,3-17,20-30,36H2,1-2H3,(H,39,40)(H,41,42)/b19-18+/t31-,32+/m0/s1. The summed E-state index contributed by atoms with van der Waals surface area (Å²) in [6, 6.07) is -1.52. The highest BCUT2D eigenvalue weighted by atomic mass is 31.2. The number of esters is 2. The van der Waals surface area contributed by atoms with Crippen molar-refractivity contribution in [3.8, 4) is 0 Å². The first-order valence-electron chi connectivity index (χ1n) is 18.2. The quantitative estimate of drug-likeness (QED) is 0.0255. The average molecular weight is 692 g/mol. The number of unbranched alkanes of at least 4 members (excludes halogenated alkanes) is 18. The van der Waals surface area contributed by atoms with Crippen LogP contribution in [0.3, 0.4) is 0 Å². The number of carboxylic acid groups (broad SMARTS) is 1. The topological polar surface area (TPSA) is 172 Å². The number of phosphoric ester groups is 1. The molecule has 12 heteroatoms. The third-order valence-corrected chi connectivity index (χ3v) is 8.71. The number of phosphoric acid groups is 1. The van der Waals surface area contributed by atoms with Gasteiger partial charge in [-0.1, -0.05) is 122 Å². The number of rotatable bonds is 34. The van der Waals surface area contributed by atoms with Gasteiger partial charge < -0.3 is 25.2 Å². The molecule has 47 heavy (non-hydrogen) atoms. The van der Waals surface area contributed by atoms with Gasteiger partial charge in [-0.2, -0.15) is 0 Å². The predicted molar refractivity (Wildman–Crippen MR) is 185 cm³/mol. The Morgan fingerprint density at radius 1 is 0.638 bits per heavy atom. The molecule has 0 saturated carbocycles. The van der Waals surface area contributed by atoms with Crippen molar-refractivity contribution in [2.75, 3.05) is 19.8 Å². The third kappa shape index (κ3) is 31.3. The molecule has 1 unspecified atom stereocenters. The number of hydrogen-bond donors (Lipinski definition) is 3. The van der Waals surface area contributed by atoms with Crippen LogP contribution in [0.5, 0.6) is 0 Å². The second kappa shape index (κ2) is 31.5. The van der Waals surface area contributed by atoms with Gasteiger partial charge >= 0.3 is 25.7 Å². The molecule has 0 spiro atoms. The Morgan fingerprint density at radius 2 is 1.06 bits per heavy atom. The van der Waals surface area contributed by atoms with Gasteiger partial charge in [-0.05, 0) is 38.5 Å². The molecule has 0 radical (unpaired) electrons. The van der Waals surface area contributed by atoms with Crippen LogP contribution in [-0.4, -0.2) is 59.9 Å². The fourth-order valence-corrected chi connectivity index (χ4v) is 5.60. The summed E-state index contributed by atoms with van der Waals surface area (Å²) in [5, 5.41) is 8.83. The number of ether oxygens (including phenoxy) is 2. The largest absolute Gasteiger partial charge is 0.480 e. The van der Waals surface area contributed by atoms with Crippen molar-refractivity contribution in [1.82, 2.24) is 0 Å². The first-order chi connectivity index (χ1) is 22.6. The maximum absolute atomic E-state index is 12.4. The van der Waals surface area contributed by atoms with Crippen LogP contribution in [0.25, 0.3) is 0 Å². The summed E-state index contributed by atoms with van der Waals surface area (Å²) in [6.07, 6.45) is 27.4. The molecule has 276 valence electrons. The minimum absolute atomic E-state index is 0.160. The lowest BCUT2D eigenvalue weighted by molar-refractivity contribution is -0.161. The number of carbonyl (C=O) groups is 3. The summed E-state index contributed by atoms with van der Waals surface area (Å²) < 4.78 is 32.4. The summed E-state index contributed by atoms with van der Waals surface area (Å²) in [4.78, 5) is 45.5. The number of carbonyl (C=O) groups excluding carboxylic acids is 2. The number of allylic oxidation sites excluding steroid dienone is 2. The first kappa shape index (κ1) is 45.2.